The molecule has 5 saturated heterocycles. The second-order valence-corrected chi connectivity index (χ2v) is 13.0. The Labute approximate surface area is 241 Å². The zero-order valence-corrected chi connectivity index (χ0v) is 24.7. The van der Waals surface area contributed by atoms with Gasteiger partial charge in [-0.15, -0.1) is 0 Å². The lowest BCUT2D eigenvalue weighted by Crippen LogP contribution is -2.70. The molecule has 1 saturated carbocycles. The van der Waals surface area contributed by atoms with Crippen LogP contribution in [0.3, 0.4) is 0 Å². The Morgan fingerprint density at radius 1 is 1.05 bits per heavy atom. The largest absolute Gasteiger partial charge is 0.435 e. The van der Waals surface area contributed by atoms with Gasteiger partial charge in [-0.3, -0.25) is 9.59 Å². The SMILES string of the molecule is Cc1ccc(Cl)cc1N1CCN(C(=O)CCC(=O)O[C@@H]2O[C@@H]3O[C@@]4(C)CC[C@@H]5[C@H](C)CC[C@H]([C@H]2C)[C@@]35OO4)CC1. The number of hydrogen-bond acceptors (Lipinski definition) is 8. The molecule has 1 aromatic rings. The van der Waals surface area contributed by atoms with Crippen LogP contribution >= 0.6 is 11.6 Å². The molecule has 6 aliphatic rings. The molecule has 6 fully saturated rings. The average molecular weight is 577 g/mol. The van der Waals surface area contributed by atoms with Gasteiger partial charge in [-0.25, -0.2) is 9.78 Å². The number of anilines is 1. The summed E-state index contributed by atoms with van der Waals surface area (Å²) in [5.41, 5.74) is 1.56. The van der Waals surface area contributed by atoms with Crippen molar-refractivity contribution >= 4 is 29.2 Å². The molecular formula is C30H41ClN2O7. The van der Waals surface area contributed by atoms with Crippen molar-refractivity contribution < 1.29 is 33.6 Å². The first-order valence-corrected chi connectivity index (χ1v) is 15.2. The quantitative estimate of drug-likeness (QED) is 0.364. The highest BCUT2D eigenvalue weighted by Gasteiger charge is 2.69. The van der Waals surface area contributed by atoms with E-state index in [2.05, 4.69) is 25.7 Å². The summed E-state index contributed by atoms with van der Waals surface area (Å²) in [7, 11) is 0. The van der Waals surface area contributed by atoms with Crippen molar-refractivity contribution in [3.63, 3.8) is 0 Å². The molecule has 0 radical (unpaired) electrons. The van der Waals surface area contributed by atoms with E-state index in [9.17, 15) is 9.59 Å². The van der Waals surface area contributed by atoms with Gasteiger partial charge < -0.3 is 24.0 Å². The van der Waals surface area contributed by atoms with Gasteiger partial charge in [0.05, 0.1) is 6.42 Å². The number of aryl methyl sites for hydroxylation is 1. The third-order valence-corrected chi connectivity index (χ3v) is 10.3. The van der Waals surface area contributed by atoms with Crippen molar-refractivity contribution in [3.05, 3.63) is 28.8 Å². The van der Waals surface area contributed by atoms with Crippen LogP contribution in [-0.4, -0.2) is 66.9 Å². The highest BCUT2D eigenvalue weighted by Crippen LogP contribution is 2.60. The molecule has 1 amide bonds. The first-order chi connectivity index (χ1) is 19.1. The molecule has 5 aliphatic heterocycles. The number of hydrogen-bond donors (Lipinski definition) is 0. The Hall–Kier alpha value is -1.91. The van der Waals surface area contributed by atoms with Crippen molar-refractivity contribution in [3.8, 4) is 0 Å². The maximum absolute atomic E-state index is 12.9. The standard InChI is InChI=1S/C30H41ClN2O7/c1-18-6-8-23-20(3)27(37-28-30(23)22(18)11-12-29(4,38-28)39-40-30)36-26(35)10-9-25(34)33-15-13-32(14-16-33)24-17-21(31)7-5-19(24)2/h5,7,17-18,20,22-23,27-28H,6,8-16H2,1-4H3/t18-,20-,22-,23-,27-,28-,29-,30-/m1/s1. The maximum Gasteiger partial charge on any atom is 0.308 e. The number of fused-ring (bicyclic) bond motifs is 2. The van der Waals surface area contributed by atoms with E-state index in [1.807, 2.05) is 30.0 Å². The molecule has 2 bridgehead atoms. The van der Waals surface area contributed by atoms with E-state index in [0.717, 1.165) is 50.0 Å². The van der Waals surface area contributed by atoms with E-state index in [1.54, 1.807) is 0 Å². The minimum Gasteiger partial charge on any atom is -0.435 e. The summed E-state index contributed by atoms with van der Waals surface area (Å²) >= 11 is 6.20. The first kappa shape index (κ1) is 28.2. The van der Waals surface area contributed by atoms with Crippen molar-refractivity contribution in [1.29, 1.82) is 0 Å². The van der Waals surface area contributed by atoms with Gasteiger partial charge in [-0.05, 0) is 62.6 Å². The number of rotatable bonds is 5. The summed E-state index contributed by atoms with van der Waals surface area (Å²) in [6.07, 6.45) is 2.37. The fourth-order valence-electron chi connectivity index (χ4n) is 7.68. The molecule has 0 aromatic heterocycles. The van der Waals surface area contributed by atoms with E-state index in [0.29, 0.717) is 24.0 Å². The number of esters is 1. The first-order valence-electron chi connectivity index (χ1n) is 14.8. The number of amides is 1. The van der Waals surface area contributed by atoms with E-state index >= 15 is 0 Å². The topological polar surface area (TPSA) is 86.8 Å². The number of halogens is 1. The van der Waals surface area contributed by atoms with E-state index in [-0.39, 0.29) is 36.5 Å². The predicted molar refractivity (Wildman–Crippen MR) is 147 cm³/mol. The van der Waals surface area contributed by atoms with Crippen LogP contribution in [0.2, 0.25) is 5.02 Å². The zero-order valence-electron chi connectivity index (χ0n) is 23.9. The van der Waals surface area contributed by atoms with Gasteiger partial charge in [-0.1, -0.05) is 31.5 Å². The van der Waals surface area contributed by atoms with Gasteiger partial charge >= 0.3 is 5.97 Å². The number of carbonyl (C=O) groups excluding carboxylic acids is 2. The van der Waals surface area contributed by atoms with Crippen LogP contribution in [0.15, 0.2) is 18.2 Å². The van der Waals surface area contributed by atoms with Gasteiger partial charge in [0.2, 0.25) is 18.0 Å². The number of benzene rings is 1. The van der Waals surface area contributed by atoms with Gasteiger partial charge in [0.1, 0.15) is 0 Å². The molecule has 1 spiro atoms. The van der Waals surface area contributed by atoms with Crippen LogP contribution in [0, 0.1) is 30.6 Å². The van der Waals surface area contributed by atoms with Crippen LogP contribution in [-0.2, 0) is 33.6 Å². The molecule has 5 heterocycles. The molecular weight excluding hydrogens is 536 g/mol. The molecule has 1 aromatic carbocycles. The van der Waals surface area contributed by atoms with Crippen molar-refractivity contribution in [2.45, 2.75) is 90.2 Å². The minimum absolute atomic E-state index is 0.0113. The fraction of sp³-hybridized carbons (Fsp3) is 0.733. The van der Waals surface area contributed by atoms with Crippen molar-refractivity contribution in [1.82, 2.24) is 4.90 Å². The minimum atomic E-state index is -0.880. The predicted octanol–water partition coefficient (Wildman–Crippen LogP) is 4.83. The van der Waals surface area contributed by atoms with Crippen LogP contribution in [0.1, 0.15) is 64.9 Å². The maximum atomic E-state index is 12.9. The molecule has 8 atom stereocenters. The van der Waals surface area contributed by atoms with Crippen LogP contribution in [0.4, 0.5) is 5.69 Å². The third kappa shape index (κ3) is 4.91. The Bertz CT molecular complexity index is 1140. The molecule has 9 nitrogen and oxygen atoms in total. The second kappa shape index (κ2) is 10.7. The molecule has 1 aliphatic carbocycles. The molecule has 0 N–H and O–H groups in total. The van der Waals surface area contributed by atoms with Gasteiger partial charge in [0.15, 0.2) is 11.9 Å². The average Bonchev–Trinajstić information content (AvgIpc) is 3.17. The Kier molecular flexibility index (Phi) is 7.57. The molecule has 7 rings (SSSR count). The summed E-state index contributed by atoms with van der Waals surface area (Å²) in [4.78, 5) is 42.0. The number of nitrogens with zero attached hydrogens (tertiary/aromatic N) is 2. The zero-order chi connectivity index (χ0) is 28.2. The highest BCUT2D eigenvalue weighted by atomic mass is 35.5. The van der Waals surface area contributed by atoms with Crippen molar-refractivity contribution in [2.24, 2.45) is 23.7 Å². The summed E-state index contributed by atoms with van der Waals surface area (Å²) in [5, 5.41) is 0.704. The summed E-state index contributed by atoms with van der Waals surface area (Å²) in [6, 6.07) is 5.87. The van der Waals surface area contributed by atoms with Crippen LogP contribution in [0.25, 0.3) is 0 Å². The molecule has 40 heavy (non-hydrogen) atoms. The Morgan fingerprint density at radius 3 is 2.60 bits per heavy atom. The van der Waals surface area contributed by atoms with Gasteiger partial charge in [-0.2, -0.15) is 0 Å². The summed E-state index contributed by atoms with van der Waals surface area (Å²) in [5.74, 6) is -0.656. The number of piperazine rings is 1. The van der Waals surface area contributed by atoms with Crippen LogP contribution < -0.4 is 4.90 Å². The van der Waals surface area contributed by atoms with Crippen LogP contribution in [0.5, 0.6) is 0 Å². The van der Waals surface area contributed by atoms with Gasteiger partial charge in [0.25, 0.3) is 0 Å². The highest BCUT2D eigenvalue weighted by molar-refractivity contribution is 6.30. The van der Waals surface area contributed by atoms with E-state index in [4.69, 9.17) is 35.6 Å². The molecule has 0 unspecified atom stereocenters. The smallest absolute Gasteiger partial charge is 0.308 e. The monoisotopic (exact) mass is 576 g/mol. The van der Waals surface area contributed by atoms with Gasteiger partial charge in [0, 0.05) is 61.6 Å². The van der Waals surface area contributed by atoms with E-state index in [1.165, 1.54) is 0 Å². The fourth-order valence-corrected chi connectivity index (χ4v) is 7.85. The lowest BCUT2D eigenvalue weighted by Gasteiger charge is -2.59. The van der Waals surface area contributed by atoms with Crippen molar-refractivity contribution in [2.75, 3.05) is 31.1 Å². The third-order valence-electron chi connectivity index (χ3n) is 10.0. The number of carbonyl (C=O) groups is 2. The molecule has 220 valence electrons. The summed E-state index contributed by atoms with van der Waals surface area (Å²) in [6.45, 7) is 10.9. The lowest BCUT2D eigenvalue weighted by molar-refractivity contribution is -0.576. The normalized spacial score (nSPS) is 38.9. The Balaban J connectivity index is 1.04. The second-order valence-electron chi connectivity index (χ2n) is 12.6. The summed E-state index contributed by atoms with van der Waals surface area (Å²) < 4.78 is 18.5. The Morgan fingerprint density at radius 2 is 1.82 bits per heavy atom. The molecule has 10 heteroatoms. The lowest BCUT2D eigenvalue weighted by atomic mass is 9.58. The number of ether oxygens (including phenoxy) is 3. The van der Waals surface area contributed by atoms with E-state index < -0.39 is 29.9 Å².